The van der Waals surface area contributed by atoms with Crippen molar-refractivity contribution in [2.24, 2.45) is 0 Å². The van der Waals surface area contributed by atoms with Crippen LogP contribution in [0.25, 0.3) is 0 Å². The summed E-state index contributed by atoms with van der Waals surface area (Å²) in [6, 6.07) is 5.14. The zero-order valence-electron chi connectivity index (χ0n) is 11.7. The zero-order chi connectivity index (χ0) is 14.5. The summed E-state index contributed by atoms with van der Waals surface area (Å²) in [5.41, 5.74) is 0.949. The summed E-state index contributed by atoms with van der Waals surface area (Å²) >= 11 is 0. The van der Waals surface area contributed by atoms with E-state index in [9.17, 15) is 4.79 Å². The van der Waals surface area contributed by atoms with Gasteiger partial charge in [-0.15, -0.1) is 0 Å². The van der Waals surface area contributed by atoms with Crippen molar-refractivity contribution in [3.05, 3.63) is 48.0 Å². The van der Waals surface area contributed by atoms with Crippen LogP contribution in [0.15, 0.2) is 36.8 Å². The molecule has 1 fully saturated rings. The molecule has 0 atom stereocenters. The first kappa shape index (κ1) is 13.6. The van der Waals surface area contributed by atoms with Crippen LogP contribution in [0.1, 0.15) is 22.5 Å². The Morgan fingerprint density at radius 3 is 3.00 bits per heavy atom. The second-order valence-corrected chi connectivity index (χ2v) is 4.90. The lowest BCUT2D eigenvalue weighted by Gasteiger charge is -2.19. The molecule has 0 radical (unpaired) electrons. The van der Waals surface area contributed by atoms with Crippen LogP contribution in [0.3, 0.4) is 0 Å². The van der Waals surface area contributed by atoms with Crippen molar-refractivity contribution in [1.82, 2.24) is 20.3 Å². The fourth-order valence-corrected chi connectivity index (χ4v) is 2.32. The van der Waals surface area contributed by atoms with Gasteiger partial charge >= 0.3 is 0 Å². The van der Waals surface area contributed by atoms with Crippen molar-refractivity contribution >= 4 is 11.7 Å². The largest absolute Gasteiger partial charge is 0.339 e. The van der Waals surface area contributed by atoms with E-state index in [1.807, 2.05) is 0 Å². The van der Waals surface area contributed by atoms with Crippen LogP contribution in [0.2, 0.25) is 0 Å². The SMILES string of the molecule is O=C(c1cccnc1)c1ccnc(N2CCCNCC2)n1. The third-order valence-electron chi connectivity index (χ3n) is 3.42. The van der Waals surface area contributed by atoms with E-state index in [1.54, 1.807) is 36.8 Å². The van der Waals surface area contributed by atoms with Gasteiger partial charge in [0.1, 0.15) is 5.69 Å². The number of nitrogens with zero attached hydrogens (tertiary/aromatic N) is 4. The summed E-state index contributed by atoms with van der Waals surface area (Å²) in [7, 11) is 0. The number of nitrogens with one attached hydrogen (secondary N) is 1. The Morgan fingerprint density at radius 2 is 2.14 bits per heavy atom. The lowest BCUT2D eigenvalue weighted by molar-refractivity contribution is 0.103. The Hall–Kier alpha value is -2.34. The van der Waals surface area contributed by atoms with Gasteiger partial charge in [0.15, 0.2) is 0 Å². The van der Waals surface area contributed by atoms with Crippen molar-refractivity contribution in [2.45, 2.75) is 6.42 Å². The van der Waals surface area contributed by atoms with Crippen molar-refractivity contribution in [1.29, 1.82) is 0 Å². The molecule has 0 aromatic carbocycles. The average Bonchev–Trinajstić information content (AvgIpc) is 2.84. The summed E-state index contributed by atoms with van der Waals surface area (Å²) < 4.78 is 0. The summed E-state index contributed by atoms with van der Waals surface area (Å²) in [6.45, 7) is 3.66. The van der Waals surface area contributed by atoms with E-state index < -0.39 is 0 Å². The number of ketones is 1. The van der Waals surface area contributed by atoms with Gasteiger partial charge in [-0.25, -0.2) is 9.97 Å². The van der Waals surface area contributed by atoms with Crippen LogP contribution >= 0.6 is 0 Å². The predicted molar refractivity (Wildman–Crippen MR) is 79.4 cm³/mol. The highest BCUT2D eigenvalue weighted by molar-refractivity contribution is 6.07. The predicted octanol–water partition coefficient (Wildman–Crippen LogP) is 0.902. The number of rotatable bonds is 3. The molecule has 108 valence electrons. The molecule has 1 N–H and O–H groups in total. The van der Waals surface area contributed by atoms with Crippen LogP contribution in [0.5, 0.6) is 0 Å². The van der Waals surface area contributed by atoms with E-state index in [2.05, 4.69) is 25.2 Å². The van der Waals surface area contributed by atoms with E-state index in [0.717, 1.165) is 32.6 Å². The summed E-state index contributed by atoms with van der Waals surface area (Å²) in [5.74, 6) is 0.494. The second kappa shape index (κ2) is 6.41. The summed E-state index contributed by atoms with van der Waals surface area (Å²) in [5, 5.41) is 3.34. The molecule has 0 unspecified atom stereocenters. The van der Waals surface area contributed by atoms with Crippen molar-refractivity contribution in [2.75, 3.05) is 31.1 Å². The highest BCUT2D eigenvalue weighted by Gasteiger charge is 2.16. The Labute approximate surface area is 123 Å². The third-order valence-corrected chi connectivity index (χ3v) is 3.42. The van der Waals surface area contributed by atoms with E-state index in [4.69, 9.17) is 0 Å². The van der Waals surface area contributed by atoms with Crippen LogP contribution in [-0.2, 0) is 0 Å². The quantitative estimate of drug-likeness (QED) is 0.844. The third kappa shape index (κ3) is 3.22. The topological polar surface area (TPSA) is 71.0 Å². The molecule has 1 saturated heterocycles. The zero-order valence-corrected chi connectivity index (χ0v) is 11.7. The normalized spacial score (nSPS) is 15.5. The van der Waals surface area contributed by atoms with Crippen LogP contribution < -0.4 is 10.2 Å². The minimum atomic E-state index is -0.125. The van der Waals surface area contributed by atoms with Gasteiger partial charge in [0.25, 0.3) is 0 Å². The Balaban J connectivity index is 1.84. The number of carbonyl (C=O) groups excluding carboxylic acids is 1. The maximum atomic E-state index is 12.4. The number of hydrogen-bond acceptors (Lipinski definition) is 6. The summed E-state index contributed by atoms with van der Waals surface area (Å²) in [4.78, 5) is 27.2. The highest BCUT2D eigenvalue weighted by Crippen LogP contribution is 2.12. The molecule has 6 nitrogen and oxygen atoms in total. The molecule has 0 bridgehead atoms. The van der Waals surface area contributed by atoms with Crippen molar-refractivity contribution in [3.8, 4) is 0 Å². The van der Waals surface area contributed by atoms with Gasteiger partial charge in [0.2, 0.25) is 11.7 Å². The first-order valence-corrected chi connectivity index (χ1v) is 7.08. The second-order valence-electron chi connectivity index (χ2n) is 4.90. The van der Waals surface area contributed by atoms with Crippen molar-refractivity contribution < 1.29 is 4.79 Å². The lowest BCUT2D eigenvalue weighted by Crippen LogP contribution is -2.29. The molecule has 3 heterocycles. The Kier molecular flexibility index (Phi) is 4.16. The smallest absolute Gasteiger partial charge is 0.226 e. The van der Waals surface area contributed by atoms with Crippen LogP contribution in [0.4, 0.5) is 5.95 Å². The van der Waals surface area contributed by atoms with E-state index in [1.165, 1.54) is 0 Å². The first-order valence-electron chi connectivity index (χ1n) is 7.08. The minimum absolute atomic E-state index is 0.125. The van der Waals surface area contributed by atoms with Gasteiger partial charge in [0.05, 0.1) is 0 Å². The van der Waals surface area contributed by atoms with E-state index in [-0.39, 0.29) is 5.78 Å². The number of pyridine rings is 1. The molecule has 1 aliphatic rings. The van der Waals surface area contributed by atoms with Gasteiger partial charge in [-0.2, -0.15) is 0 Å². The number of carbonyl (C=O) groups is 1. The fraction of sp³-hybridized carbons (Fsp3) is 0.333. The van der Waals surface area contributed by atoms with Crippen LogP contribution in [-0.4, -0.2) is 46.9 Å². The molecule has 6 heteroatoms. The standard InChI is InChI=1S/C15H17N5O/c21-14(12-3-1-5-17-11-12)13-4-7-18-15(19-13)20-9-2-6-16-8-10-20/h1,3-5,7,11,16H,2,6,8-10H2. The van der Waals surface area contributed by atoms with Gasteiger partial charge in [-0.3, -0.25) is 9.78 Å². The molecule has 0 spiro atoms. The maximum absolute atomic E-state index is 12.4. The van der Waals surface area contributed by atoms with Gasteiger partial charge < -0.3 is 10.2 Å². The van der Waals surface area contributed by atoms with Gasteiger partial charge in [-0.05, 0) is 31.2 Å². The molecule has 1 aliphatic heterocycles. The molecule has 2 aromatic heterocycles. The lowest BCUT2D eigenvalue weighted by atomic mass is 10.1. The molecule has 3 rings (SSSR count). The first-order chi connectivity index (χ1) is 10.3. The van der Waals surface area contributed by atoms with E-state index in [0.29, 0.717) is 17.2 Å². The van der Waals surface area contributed by atoms with E-state index >= 15 is 0 Å². The highest BCUT2D eigenvalue weighted by atomic mass is 16.1. The van der Waals surface area contributed by atoms with Crippen molar-refractivity contribution in [3.63, 3.8) is 0 Å². The Bertz CT molecular complexity index is 608. The molecular formula is C15H17N5O. The minimum Gasteiger partial charge on any atom is -0.339 e. The number of anilines is 1. The average molecular weight is 283 g/mol. The molecule has 21 heavy (non-hydrogen) atoms. The Morgan fingerprint density at radius 1 is 1.19 bits per heavy atom. The van der Waals surface area contributed by atoms with Gasteiger partial charge in [0, 0.05) is 43.8 Å². The van der Waals surface area contributed by atoms with Gasteiger partial charge in [-0.1, -0.05) is 0 Å². The molecular weight excluding hydrogens is 266 g/mol. The van der Waals surface area contributed by atoms with Crippen LogP contribution in [0, 0.1) is 0 Å². The molecule has 0 amide bonds. The fourth-order valence-electron chi connectivity index (χ4n) is 2.32. The number of hydrogen-bond donors (Lipinski definition) is 1. The molecule has 0 aliphatic carbocycles. The monoisotopic (exact) mass is 283 g/mol. The summed E-state index contributed by atoms with van der Waals surface area (Å²) in [6.07, 6.45) is 5.89. The molecule has 0 saturated carbocycles. The maximum Gasteiger partial charge on any atom is 0.226 e. The molecule has 2 aromatic rings. The number of aromatic nitrogens is 3.